The average Bonchev–Trinajstić information content (AvgIpc) is 2.49. The maximum atomic E-state index is 10.9. The Hall–Kier alpha value is -0.433. The van der Waals surface area contributed by atoms with Gasteiger partial charge in [-0.25, -0.2) is 0 Å². The highest BCUT2D eigenvalue weighted by molar-refractivity contribution is 6.60. The van der Waals surface area contributed by atoms with Gasteiger partial charge in [-0.2, -0.15) is 0 Å². The lowest BCUT2D eigenvalue weighted by Crippen LogP contribution is -2.42. The minimum atomic E-state index is -2.37. The number of esters is 1. The summed E-state index contributed by atoms with van der Waals surface area (Å²) in [5.74, 6) is -0.106. The van der Waals surface area contributed by atoms with Crippen LogP contribution in [0.2, 0.25) is 6.04 Å². The van der Waals surface area contributed by atoms with Gasteiger partial charge in [0.05, 0.1) is 6.61 Å². The molecule has 0 heterocycles. The van der Waals surface area contributed by atoms with Crippen LogP contribution in [0.3, 0.4) is 0 Å². The molecule has 0 aromatic rings. The molecule has 0 aliphatic rings. The summed E-state index contributed by atoms with van der Waals surface area (Å²) in [5, 5.41) is 0. The summed E-state index contributed by atoms with van der Waals surface area (Å²) < 4.78 is 21.1. The van der Waals surface area contributed by atoms with E-state index in [0.29, 0.717) is 13.0 Å². The zero-order valence-electron chi connectivity index (χ0n) is 13.4. The normalized spacial score (nSPS) is 11.6. The van der Waals surface area contributed by atoms with E-state index in [4.69, 9.17) is 18.0 Å². The molecule has 0 amide bonds. The van der Waals surface area contributed by atoms with Gasteiger partial charge in [0.25, 0.3) is 0 Å². The molecule has 120 valence electrons. The summed E-state index contributed by atoms with van der Waals surface area (Å²) in [7, 11) is 2.58. The molecule has 0 bridgehead atoms. The number of ether oxygens (including phenoxy) is 1. The molecule has 0 aromatic carbocycles. The largest absolute Gasteiger partial charge is 0.500 e. The monoisotopic (exact) mass is 306 g/mol. The molecule has 0 rings (SSSR count). The molecule has 0 atom stereocenters. The second-order valence-electron chi connectivity index (χ2n) is 4.74. The topological polar surface area (TPSA) is 54.0 Å². The number of hydrogen-bond acceptors (Lipinski definition) is 5. The second-order valence-corrected chi connectivity index (χ2v) is 7.83. The first-order chi connectivity index (χ1) is 9.64. The van der Waals surface area contributed by atoms with E-state index in [1.165, 1.54) is 12.8 Å². The third kappa shape index (κ3) is 8.68. The molecule has 6 heteroatoms. The number of carbonyl (C=O) groups is 1. The summed E-state index contributed by atoms with van der Waals surface area (Å²) in [5.41, 5.74) is 0. The Morgan fingerprint density at radius 1 is 0.850 bits per heavy atom. The lowest BCUT2D eigenvalue weighted by molar-refractivity contribution is -0.143. The van der Waals surface area contributed by atoms with Gasteiger partial charge in [-0.15, -0.1) is 0 Å². The molecule has 0 fully saturated rings. The first kappa shape index (κ1) is 19.6. The van der Waals surface area contributed by atoms with E-state index in [1.807, 2.05) is 6.92 Å². The third-order valence-electron chi connectivity index (χ3n) is 3.36. The van der Waals surface area contributed by atoms with E-state index in [-0.39, 0.29) is 5.97 Å². The van der Waals surface area contributed by atoms with Crippen LogP contribution >= 0.6 is 0 Å². The van der Waals surface area contributed by atoms with Crippen molar-refractivity contribution in [2.75, 3.05) is 27.9 Å². The molecule has 0 aliphatic carbocycles. The van der Waals surface area contributed by atoms with Crippen LogP contribution < -0.4 is 0 Å². The van der Waals surface area contributed by atoms with Crippen molar-refractivity contribution in [2.24, 2.45) is 0 Å². The van der Waals surface area contributed by atoms with Gasteiger partial charge in [-0.1, -0.05) is 32.6 Å². The Balaban J connectivity index is 3.42. The first-order valence-corrected chi connectivity index (χ1v) is 9.38. The second kappa shape index (κ2) is 12.3. The van der Waals surface area contributed by atoms with Gasteiger partial charge in [-0.05, 0) is 12.8 Å². The molecule has 0 aliphatic heterocycles. The molecule has 0 saturated heterocycles. The zero-order chi connectivity index (χ0) is 15.3. The van der Waals surface area contributed by atoms with Crippen molar-refractivity contribution in [1.29, 1.82) is 0 Å². The summed E-state index contributed by atoms with van der Waals surface area (Å²) in [6.45, 7) is 2.37. The fraction of sp³-hybridized carbons (Fsp3) is 0.929. The molecule has 0 unspecified atom stereocenters. The first-order valence-electron chi connectivity index (χ1n) is 7.45. The Bertz CT molecular complexity index is 235. The van der Waals surface area contributed by atoms with Crippen LogP contribution in [0.5, 0.6) is 0 Å². The predicted molar refractivity (Wildman–Crippen MR) is 80.5 cm³/mol. The van der Waals surface area contributed by atoms with Crippen LogP contribution in [0, 0.1) is 0 Å². The van der Waals surface area contributed by atoms with Gasteiger partial charge in [0.15, 0.2) is 0 Å². The Kier molecular flexibility index (Phi) is 12.1. The number of hydrogen-bond donors (Lipinski definition) is 0. The van der Waals surface area contributed by atoms with Crippen LogP contribution in [0.1, 0.15) is 51.9 Å². The Morgan fingerprint density at radius 2 is 1.35 bits per heavy atom. The minimum absolute atomic E-state index is 0.106. The fourth-order valence-corrected chi connectivity index (χ4v) is 3.79. The van der Waals surface area contributed by atoms with Gasteiger partial charge < -0.3 is 18.0 Å². The van der Waals surface area contributed by atoms with Gasteiger partial charge in [-0.3, -0.25) is 4.79 Å². The lowest BCUT2D eigenvalue weighted by Gasteiger charge is -2.24. The summed E-state index contributed by atoms with van der Waals surface area (Å²) in [4.78, 5) is 10.9. The molecule has 0 saturated carbocycles. The lowest BCUT2D eigenvalue weighted by atomic mass is 10.1. The molecule has 0 aromatic heterocycles. The van der Waals surface area contributed by atoms with E-state index in [1.54, 1.807) is 21.3 Å². The SMILES string of the molecule is CCC(=O)OCCCCCCCC[Si](OC)(OC)OC. The molecular weight excluding hydrogens is 276 g/mol. The Morgan fingerprint density at radius 3 is 1.85 bits per heavy atom. The summed E-state index contributed by atoms with van der Waals surface area (Å²) in [6.07, 6.45) is 7.10. The predicted octanol–water partition coefficient (Wildman–Crippen LogP) is 3.16. The van der Waals surface area contributed by atoms with Crippen LogP contribution in [-0.4, -0.2) is 42.7 Å². The van der Waals surface area contributed by atoms with Crippen molar-refractivity contribution in [3.8, 4) is 0 Å². The molecule has 0 radical (unpaired) electrons. The molecule has 5 nitrogen and oxygen atoms in total. The van der Waals surface area contributed by atoms with Crippen molar-refractivity contribution in [1.82, 2.24) is 0 Å². The van der Waals surface area contributed by atoms with E-state index in [0.717, 1.165) is 31.7 Å². The van der Waals surface area contributed by atoms with Crippen molar-refractivity contribution in [3.63, 3.8) is 0 Å². The highest BCUT2D eigenvalue weighted by Gasteiger charge is 2.36. The number of rotatable bonds is 13. The molecule has 20 heavy (non-hydrogen) atoms. The summed E-state index contributed by atoms with van der Waals surface area (Å²) >= 11 is 0. The smallest absolute Gasteiger partial charge is 0.466 e. The number of unbranched alkanes of at least 4 members (excludes halogenated alkanes) is 5. The van der Waals surface area contributed by atoms with Crippen molar-refractivity contribution < 1.29 is 22.8 Å². The highest BCUT2D eigenvalue weighted by atomic mass is 28.4. The van der Waals surface area contributed by atoms with Gasteiger partial charge in [0, 0.05) is 33.8 Å². The van der Waals surface area contributed by atoms with Gasteiger partial charge >= 0.3 is 14.8 Å². The fourth-order valence-electron chi connectivity index (χ4n) is 1.99. The maximum absolute atomic E-state index is 10.9. The van der Waals surface area contributed by atoms with Crippen LogP contribution in [-0.2, 0) is 22.8 Å². The summed E-state index contributed by atoms with van der Waals surface area (Å²) in [6, 6.07) is 0.866. The van der Waals surface area contributed by atoms with E-state index >= 15 is 0 Å². The molecule has 0 N–H and O–H groups in total. The molecule has 0 spiro atoms. The van der Waals surface area contributed by atoms with E-state index in [2.05, 4.69) is 0 Å². The van der Waals surface area contributed by atoms with Crippen LogP contribution in [0.4, 0.5) is 0 Å². The standard InChI is InChI=1S/C14H30O5Si/c1-5-14(15)19-12-10-8-6-7-9-11-13-20(16-2,17-3)18-4/h5-13H2,1-4H3. The van der Waals surface area contributed by atoms with E-state index < -0.39 is 8.80 Å². The van der Waals surface area contributed by atoms with E-state index in [9.17, 15) is 4.79 Å². The van der Waals surface area contributed by atoms with Crippen LogP contribution in [0.25, 0.3) is 0 Å². The van der Waals surface area contributed by atoms with Crippen LogP contribution in [0.15, 0.2) is 0 Å². The maximum Gasteiger partial charge on any atom is 0.500 e. The highest BCUT2D eigenvalue weighted by Crippen LogP contribution is 2.18. The van der Waals surface area contributed by atoms with Gasteiger partial charge in [0.1, 0.15) is 0 Å². The Labute approximate surface area is 124 Å². The van der Waals surface area contributed by atoms with Crippen molar-refractivity contribution in [3.05, 3.63) is 0 Å². The molecular formula is C14H30O5Si. The van der Waals surface area contributed by atoms with Gasteiger partial charge in [0.2, 0.25) is 0 Å². The van der Waals surface area contributed by atoms with Crippen molar-refractivity contribution >= 4 is 14.8 Å². The van der Waals surface area contributed by atoms with Crippen molar-refractivity contribution in [2.45, 2.75) is 57.9 Å². The minimum Gasteiger partial charge on any atom is -0.466 e. The average molecular weight is 306 g/mol. The zero-order valence-corrected chi connectivity index (χ0v) is 14.4. The quantitative estimate of drug-likeness (QED) is 0.297. The number of carbonyl (C=O) groups excluding carboxylic acids is 1. The third-order valence-corrected chi connectivity index (χ3v) is 6.19.